The maximum absolute atomic E-state index is 13.3. The van der Waals surface area contributed by atoms with Gasteiger partial charge in [0.05, 0.1) is 22.9 Å². The summed E-state index contributed by atoms with van der Waals surface area (Å²) in [5.74, 6) is -4.33. The van der Waals surface area contributed by atoms with E-state index in [1.54, 1.807) is 6.92 Å². The van der Waals surface area contributed by atoms with Crippen molar-refractivity contribution >= 4 is 35.3 Å². The molecule has 3 rings (SSSR count). The van der Waals surface area contributed by atoms with Crippen molar-refractivity contribution in [3.63, 3.8) is 0 Å². The highest BCUT2D eigenvalue weighted by molar-refractivity contribution is 6.38. The number of benzene rings is 1. The first kappa shape index (κ1) is 26.0. The number of ether oxygens (including phenoxy) is 1. The number of anilines is 1. The Balaban J connectivity index is 1.88. The number of hydrogen-bond acceptors (Lipinski definition) is 6. The molecule has 1 saturated carbocycles. The quantitative estimate of drug-likeness (QED) is 0.402. The average Bonchev–Trinajstić information content (AvgIpc) is 3.53. The SMILES string of the molecule is CNC(=O)C(=O)[C@H](C[C@@H]1C[C@@H](C)NC1=O)NC(=O)c1cc(C(F)(F)F)ccc1NC(=O)OC1CC1. The molecule has 10 nitrogen and oxygen atoms in total. The third kappa shape index (κ3) is 6.70. The van der Waals surface area contributed by atoms with E-state index in [9.17, 15) is 37.1 Å². The van der Waals surface area contributed by atoms with Crippen LogP contribution in [-0.2, 0) is 25.3 Å². The molecule has 1 saturated heterocycles. The van der Waals surface area contributed by atoms with Gasteiger partial charge in [0.2, 0.25) is 11.7 Å². The number of Topliss-reactive ketones (excluding diaryl/α,β-unsaturated/α-hetero) is 1. The van der Waals surface area contributed by atoms with E-state index in [1.165, 1.54) is 7.05 Å². The van der Waals surface area contributed by atoms with E-state index in [0.717, 1.165) is 6.07 Å². The third-order valence-corrected chi connectivity index (χ3v) is 5.62. The van der Waals surface area contributed by atoms with Crippen molar-refractivity contribution in [3.05, 3.63) is 29.3 Å². The van der Waals surface area contributed by atoms with E-state index in [1.807, 2.05) is 0 Å². The van der Waals surface area contributed by atoms with Crippen molar-refractivity contribution in [3.8, 4) is 0 Å². The molecule has 0 radical (unpaired) electrons. The standard InChI is InChI=1S/C22H25F3N4O6/c1-10-7-11(18(31)27-10)8-16(17(30)20(33)26-2)28-19(32)14-9-12(22(23,24)25)3-6-15(14)29-21(34)35-13-4-5-13/h3,6,9-11,13,16H,4-5,7-8H2,1-2H3,(H,26,33)(H,27,31)(H,28,32)(H,29,34)/t10-,11+,16+/m1/s1. The van der Waals surface area contributed by atoms with Crippen molar-refractivity contribution in [1.82, 2.24) is 16.0 Å². The van der Waals surface area contributed by atoms with E-state index in [-0.39, 0.29) is 30.2 Å². The Labute approximate surface area is 198 Å². The maximum Gasteiger partial charge on any atom is 0.416 e. The molecule has 0 aromatic heterocycles. The van der Waals surface area contributed by atoms with Crippen LogP contribution in [0.3, 0.4) is 0 Å². The molecule has 1 heterocycles. The molecule has 4 amide bonds. The zero-order chi connectivity index (χ0) is 25.9. The fraction of sp³-hybridized carbons (Fsp3) is 0.500. The molecule has 1 aliphatic carbocycles. The number of ketones is 1. The lowest BCUT2D eigenvalue weighted by Gasteiger charge is -2.21. The van der Waals surface area contributed by atoms with Crippen molar-refractivity contribution in [2.24, 2.45) is 5.92 Å². The normalized spacial score (nSPS) is 20.4. The highest BCUT2D eigenvalue weighted by Crippen LogP contribution is 2.32. The highest BCUT2D eigenvalue weighted by atomic mass is 19.4. The van der Waals surface area contributed by atoms with Gasteiger partial charge in [0.25, 0.3) is 11.8 Å². The second-order valence-electron chi connectivity index (χ2n) is 8.54. The molecule has 1 aliphatic heterocycles. The van der Waals surface area contributed by atoms with Gasteiger partial charge in [-0.15, -0.1) is 0 Å². The van der Waals surface area contributed by atoms with E-state index in [0.29, 0.717) is 31.4 Å². The number of carbonyl (C=O) groups excluding carboxylic acids is 5. The topological polar surface area (TPSA) is 143 Å². The number of nitrogens with one attached hydrogen (secondary N) is 4. The first-order valence-corrected chi connectivity index (χ1v) is 10.9. The minimum Gasteiger partial charge on any atom is -0.446 e. The van der Waals surface area contributed by atoms with E-state index in [4.69, 9.17) is 4.74 Å². The molecule has 3 atom stereocenters. The van der Waals surface area contributed by atoms with Gasteiger partial charge in [-0.3, -0.25) is 24.5 Å². The number of alkyl halides is 3. The molecule has 1 aromatic rings. The van der Waals surface area contributed by atoms with Crippen molar-refractivity contribution < 1.29 is 41.9 Å². The molecule has 0 unspecified atom stereocenters. The number of rotatable bonds is 8. The summed E-state index contributed by atoms with van der Waals surface area (Å²) >= 11 is 0. The summed E-state index contributed by atoms with van der Waals surface area (Å²) in [6.45, 7) is 1.74. The fourth-order valence-corrected chi connectivity index (χ4v) is 3.68. The van der Waals surface area contributed by atoms with Gasteiger partial charge < -0.3 is 20.7 Å². The molecule has 4 N–H and O–H groups in total. The lowest BCUT2D eigenvalue weighted by Crippen LogP contribution is -2.48. The van der Waals surface area contributed by atoms with E-state index >= 15 is 0 Å². The van der Waals surface area contributed by atoms with Crippen LogP contribution in [0.4, 0.5) is 23.7 Å². The molecule has 2 aliphatic rings. The van der Waals surface area contributed by atoms with Gasteiger partial charge in [0.1, 0.15) is 6.10 Å². The fourth-order valence-electron chi connectivity index (χ4n) is 3.68. The number of likely N-dealkylation sites (N-methyl/N-ethyl adjacent to an activating group) is 1. The Hall–Kier alpha value is -3.64. The Kier molecular flexibility index (Phi) is 7.66. The van der Waals surface area contributed by atoms with Gasteiger partial charge in [-0.2, -0.15) is 13.2 Å². The smallest absolute Gasteiger partial charge is 0.416 e. The third-order valence-electron chi connectivity index (χ3n) is 5.62. The monoisotopic (exact) mass is 498 g/mol. The number of carbonyl (C=O) groups is 5. The van der Waals surface area contributed by atoms with Gasteiger partial charge >= 0.3 is 12.3 Å². The molecule has 0 spiro atoms. The van der Waals surface area contributed by atoms with Gasteiger partial charge in [-0.05, 0) is 50.8 Å². The summed E-state index contributed by atoms with van der Waals surface area (Å²) in [4.78, 5) is 61.8. The van der Waals surface area contributed by atoms with Crippen LogP contribution in [0, 0.1) is 5.92 Å². The maximum atomic E-state index is 13.3. The predicted molar refractivity (Wildman–Crippen MR) is 115 cm³/mol. The van der Waals surface area contributed by atoms with Gasteiger partial charge in [0.15, 0.2) is 0 Å². The molecule has 0 bridgehead atoms. The molecular formula is C22H25F3N4O6. The Bertz CT molecular complexity index is 1040. The highest BCUT2D eigenvalue weighted by Gasteiger charge is 2.37. The summed E-state index contributed by atoms with van der Waals surface area (Å²) in [6.07, 6.45) is -4.62. The van der Waals surface area contributed by atoms with Gasteiger partial charge in [-0.25, -0.2) is 4.79 Å². The second kappa shape index (κ2) is 10.3. The molecule has 13 heteroatoms. The van der Waals surface area contributed by atoms with Crippen molar-refractivity contribution in [2.45, 2.75) is 57.0 Å². The van der Waals surface area contributed by atoms with Crippen LogP contribution in [0.25, 0.3) is 0 Å². The minimum absolute atomic E-state index is 0.185. The lowest BCUT2D eigenvalue weighted by atomic mass is 9.93. The van der Waals surface area contributed by atoms with Gasteiger partial charge in [-0.1, -0.05) is 0 Å². The van der Waals surface area contributed by atoms with Crippen molar-refractivity contribution in [2.75, 3.05) is 12.4 Å². The minimum atomic E-state index is -4.79. The summed E-state index contributed by atoms with van der Waals surface area (Å²) in [5, 5.41) is 9.31. The Morgan fingerprint density at radius 3 is 2.43 bits per heavy atom. The Morgan fingerprint density at radius 2 is 1.89 bits per heavy atom. The molecule has 35 heavy (non-hydrogen) atoms. The lowest BCUT2D eigenvalue weighted by molar-refractivity contribution is -0.139. The molecule has 1 aromatic carbocycles. The van der Waals surface area contributed by atoms with Crippen LogP contribution in [0.5, 0.6) is 0 Å². The van der Waals surface area contributed by atoms with Crippen LogP contribution >= 0.6 is 0 Å². The summed E-state index contributed by atoms with van der Waals surface area (Å²) in [6, 6.07) is 0.419. The zero-order valence-corrected chi connectivity index (χ0v) is 19.0. The van der Waals surface area contributed by atoms with Crippen molar-refractivity contribution in [1.29, 1.82) is 0 Å². The van der Waals surface area contributed by atoms with Crippen LogP contribution in [0.2, 0.25) is 0 Å². The molecule has 190 valence electrons. The van der Waals surface area contributed by atoms with Gasteiger partial charge in [0, 0.05) is 19.0 Å². The first-order chi connectivity index (χ1) is 16.4. The van der Waals surface area contributed by atoms with Crippen LogP contribution in [-0.4, -0.2) is 54.8 Å². The first-order valence-electron chi connectivity index (χ1n) is 10.9. The second-order valence-corrected chi connectivity index (χ2v) is 8.54. The van der Waals surface area contributed by atoms with Crippen LogP contribution in [0.1, 0.15) is 48.5 Å². The largest absolute Gasteiger partial charge is 0.446 e. The number of hydrogen-bond donors (Lipinski definition) is 4. The summed E-state index contributed by atoms with van der Waals surface area (Å²) in [7, 11) is 1.20. The molecule has 2 fully saturated rings. The summed E-state index contributed by atoms with van der Waals surface area (Å²) in [5.41, 5.74) is -2.03. The predicted octanol–water partition coefficient (Wildman–Crippen LogP) is 1.74. The van der Waals surface area contributed by atoms with Crippen LogP contribution in [0.15, 0.2) is 18.2 Å². The van der Waals surface area contributed by atoms with E-state index in [2.05, 4.69) is 21.3 Å². The van der Waals surface area contributed by atoms with Crippen LogP contribution < -0.4 is 21.3 Å². The number of halogens is 3. The van der Waals surface area contributed by atoms with E-state index < -0.39 is 53.0 Å². The zero-order valence-electron chi connectivity index (χ0n) is 19.0. The average molecular weight is 498 g/mol. The number of amides is 4. The molecular weight excluding hydrogens is 473 g/mol. The summed E-state index contributed by atoms with van der Waals surface area (Å²) < 4.78 is 44.9. The Morgan fingerprint density at radius 1 is 1.20 bits per heavy atom.